The number of ether oxygens (including phenoxy) is 1. The van der Waals surface area contributed by atoms with Gasteiger partial charge in [-0.2, -0.15) is 0 Å². The van der Waals surface area contributed by atoms with Gasteiger partial charge >= 0.3 is 0 Å². The largest absolute Gasteiger partial charge is 0.368 e. The van der Waals surface area contributed by atoms with Crippen LogP contribution in [0.15, 0.2) is 18.2 Å². The van der Waals surface area contributed by atoms with E-state index in [2.05, 4.69) is 10.6 Å². The van der Waals surface area contributed by atoms with Crippen molar-refractivity contribution in [3.63, 3.8) is 0 Å². The van der Waals surface area contributed by atoms with Gasteiger partial charge in [-0.25, -0.2) is 8.78 Å². The van der Waals surface area contributed by atoms with Crippen LogP contribution in [0.2, 0.25) is 0 Å². The highest BCUT2D eigenvalue weighted by Crippen LogP contribution is 2.17. The zero-order chi connectivity index (χ0) is 13.7. The summed E-state index contributed by atoms with van der Waals surface area (Å²) in [5.74, 6) is -2.15. The average Bonchev–Trinajstić information content (AvgIpc) is 2.42. The number of halogens is 2. The van der Waals surface area contributed by atoms with Crippen molar-refractivity contribution >= 4 is 11.6 Å². The zero-order valence-corrected chi connectivity index (χ0v) is 10.4. The molecule has 1 aromatic carbocycles. The minimum Gasteiger partial charge on any atom is -0.368 e. The number of carbonyl (C=O) groups excluding carboxylic acids is 1. The molecule has 0 bridgehead atoms. The van der Waals surface area contributed by atoms with Gasteiger partial charge in [0.05, 0.1) is 6.10 Å². The first kappa shape index (κ1) is 13.9. The Kier molecular flexibility index (Phi) is 4.81. The number of hydrogen-bond acceptors (Lipinski definition) is 3. The third-order valence-corrected chi connectivity index (χ3v) is 2.96. The Labute approximate surface area is 110 Å². The fraction of sp³-hybridized carbons (Fsp3) is 0.462. The summed E-state index contributed by atoms with van der Waals surface area (Å²) in [6.07, 6.45) is 1.69. The molecular weight excluding hydrogens is 254 g/mol. The number of benzene rings is 1. The summed E-state index contributed by atoms with van der Waals surface area (Å²) in [5.41, 5.74) is -0.429. The molecule has 4 nitrogen and oxygen atoms in total. The topological polar surface area (TPSA) is 50.4 Å². The predicted octanol–water partition coefficient (Wildman–Crippen LogP) is 1.67. The van der Waals surface area contributed by atoms with E-state index in [4.69, 9.17) is 4.74 Å². The van der Waals surface area contributed by atoms with Gasteiger partial charge < -0.3 is 15.4 Å². The fourth-order valence-electron chi connectivity index (χ4n) is 1.95. The van der Waals surface area contributed by atoms with Crippen LogP contribution in [0.1, 0.15) is 12.8 Å². The standard InChI is InChI=1S/C13H16F2N2O2/c14-10-2-1-3-11(15)13(10)17-12(18)8-19-9-4-6-16-7-5-9/h1-3,9,16H,4-8H2,(H,17,18). The van der Waals surface area contributed by atoms with Gasteiger partial charge in [-0.1, -0.05) is 6.07 Å². The Morgan fingerprint density at radius 1 is 1.32 bits per heavy atom. The Balaban J connectivity index is 1.83. The second kappa shape index (κ2) is 6.58. The molecule has 1 aliphatic rings. The van der Waals surface area contributed by atoms with Gasteiger partial charge in [-0.05, 0) is 38.1 Å². The lowest BCUT2D eigenvalue weighted by molar-refractivity contribution is -0.123. The van der Waals surface area contributed by atoms with Crippen LogP contribution in [0.3, 0.4) is 0 Å². The molecule has 6 heteroatoms. The highest BCUT2D eigenvalue weighted by molar-refractivity contribution is 5.91. The summed E-state index contributed by atoms with van der Waals surface area (Å²) >= 11 is 0. The van der Waals surface area contributed by atoms with Crippen LogP contribution in [0.5, 0.6) is 0 Å². The molecule has 104 valence electrons. The SMILES string of the molecule is O=C(COC1CCNCC1)Nc1c(F)cccc1F. The number of rotatable bonds is 4. The minimum atomic E-state index is -0.796. The summed E-state index contributed by atoms with van der Waals surface area (Å²) in [7, 11) is 0. The number of hydrogen-bond donors (Lipinski definition) is 2. The van der Waals surface area contributed by atoms with Crippen molar-refractivity contribution in [2.75, 3.05) is 25.0 Å². The van der Waals surface area contributed by atoms with Gasteiger partial charge in [0.2, 0.25) is 0 Å². The molecule has 0 radical (unpaired) electrons. The van der Waals surface area contributed by atoms with Crippen LogP contribution in [0.25, 0.3) is 0 Å². The zero-order valence-electron chi connectivity index (χ0n) is 10.4. The highest BCUT2D eigenvalue weighted by Gasteiger charge is 2.16. The third-order valence-electron chi connectivity index (χ3n) is 2.96. The molecule has 2 rings (SSSR count). The van der Waals surface area contributed by atoms with Crippen molar-refractivity contribution in [3.8, 4) is 0 Å². The molecule has 1 amide bonds. The molecular formula is C13H16F2N2O2. The molecule has 0 saturated carbocycles. The Morgan fingerprint density at radius 2 is 1.95 bits per heavy atom. The van der Waals surface area contributed by atoms with Crippen LogP contribution in [0.4, 0.5) is 14.5 Å². The van der Waals surface area contributed by atoms with Gasteiger partial charge in [0.15, 0.2) is 0 Å². The molecule has 2 N–H and O–H groups in total. The molecule has 19 heavy (non-hydrogen) atoms. The van der Waals surface area contributed by atoms with E-state index in [0.29, 0.717) is 0 Å². The molecule has 0 aliphatic carbocycles. The van der Waals surface area contributed by atoms with Crippen molar-refractivity contribution in [1.82, 2.24) is 5.32 Å². The smallest absolute Gasteiger partial charge is 0.250 e. The maximum Gasteiger partial charge on any atom is 0.250 e. The lowest BCUT2D eigenvalue weighted by Crippen LogP contribution is -2.34. The van der Waals surface area contributed by atoms with Gasteiger partial charge in [0, 0.05) is 0 Å². The summed E-state index contributed by atoms with van der Waals surface area (Å²) < 4.78 is 32.0. The van der Waals surface area contributed by atoms with E-state index < -0.39 is 23.2 Å². The molecule has 0 spiro atoms. The predicted molar refractivity (Wildman–Crippen MR) is 66.8 cm³/mol. The maximum atomic E-state index is 13.3. The molecule has 1 fully saturated rings. The molecule has 1 heterocycles. The van der Waals surface area contributed by atoms with Crippen LogP contribution < -0.4 is 10.6 Å². The Hall–Kier alpha value is -1.53. The van der Waals surface area contributed by atoms with Crippen molar-refractivity contribution in [3.05, 3.63) is 29.8 Å². The van der Waals surface area contributed by atoms with Crippen molar-refractivity contribution < 1.29 is 18.3 Å². The normalized spacial score (nSPS) is 16.3. The lowest BCUT2D eigenvalue weighted by atomic mass is 10.1. The highest BCUT2D eigenvalue weighted by atomic mass is 19.1. The van der Waals surface area contributed by atoms with Crippen LogP contribution >= 0.6 is 0 Å². The minimum absolute atomic E-state index is 0.0254. The van der Waals surface area contributed by atoms with Crippen molar-refractivity contribution in [2.24, 2.45) is 0 Å². The first-order valence-corrected chi connectivity index (χ1v) is 6.23. The van der Waals surface area contributed by atoms with Gasteiger partial charge in [0.1, 0.15) is 23.9 Å². The summed E-state index contributed by atoms with van der Waals surface area (Å²) in [4.78, 5) is 11.6. The van der Waals surface area contributed by atoms with Crippen LogP contribution in [-0.4, -0.2) is 31.7 Å². The molecule has 1 saturated heterocycles. The van der Waals surface area contributed by atoms with E-state index in [9.17, 15) is 13.6 Å². The molecule has 0 aromatic heterocycles. The second-order valence-corrected chi connectivity index (χ2v) is 4.41. The molecule has 0 unspecified atom stereocenters. The van der Waals surface area contributed by atoms with E-state index in [1.807, 2.05) is 0 Å². The van der Waals surface area contributed by atoms with Gasteiger partial charge in [-0.3, -0.25) is 4.79 Å². The first-order valence-electron chi connectivity index (χ1n) is 6.23. The summed E-state index contributed by atoms with van der Waals surface area (Å²) in [6, 6.07) is 3.42. The molecule has 0 atom stereocenters. The fourth-order valence-corrected chi connectivity index (χ4v) is 1.95. The molecule has 1 aliphatic heterocycles. The summed E-state index contributed by atoms with van der Waals surface area (Å²) in [6.45, 7) is 1.51. The van der Waals surface area contributed by atoms with Gasteiger partial charge in [-0.15, -0.1) is 0 Å². The van der Waals surface area contributed by atoms with E-state index >= 15 is 0 Å². The number of para-hydroxylation sites is 1. The van der Waals surface area contributed by atoms with Crippen LogP contribution in [0, 0.1) is 11.6 Å². The Morgan fingerprint density at radius 3 is 2.58 bits per heavy atom. The Bertz CT molecular complexity index is 428. The monoisotopic (exact) mass is 270 g/mol. The van der Waals surface area contributed by atoms with E-state index in [1.165, 1.54) is 6.07 Å². The van der Waals surface area contributed by atoms with Gasteiger partial charge in [0.25, 0.3) is 5.91 Å². The second-order valence-electron chi connectivity index (χ2n) is 4.41. The van der Waals surface area contributed by atoms with E-state index in [-0.39, 0.29) is 12.7 Å². The van der Waals surface area contributed by atoms with E-state index in [1.54, 1.807) is 0 Å². The number of carbonyl (C=O) groups is 1. The van der Waals surface area contributed by atoms with E-state index in [0.717, 1.165) is 38.1 Å². The number of amides is 1. The van der Waals surface area contributed by atoms with Crippen molar-refractivity contribution in [1.29, 1.82) is 0 Å². The third kappa shape index (κ3) is 3.97. The number of nitrogens with one attached hydrogen (secondary N) is 2. The van der Waals surface area contributed by atoms with Crippen molar-refractivity contribution in [2.45, 2.75) is 18.9 Å². The first-order chi connectivity index (χ1) is 9.16. The number of anilines is 1. The average molecular weight is 270 g/mol. The molecule has 1 aromatic rings. The maximum absolute atomic E-state index is 13.3. The lowest BCUT2D eigenvalue weighted by Gasteiger charge is -2.22. The summed E-state index contributed by atoms with van der Waals surface area (Å²) in [5, 5.41) is 5.37. The van der Waals surface area contributed by atoms with Crippen LogP contribution in [-0.2, 0) is 9.53 Å². The number of piperidine rings is 1. The quantitative estimate of drug-likeness (QED) is 0.875.